The van der Waals surface area contributed by atoms with Gasteiger partial charge in [-0.05, 0) is 157 Å². The molecule has 0 unspecified atom stereocenters. The molecule has 0 aromatic heterocycles. The molecule has 16 atom stereocenters. The molecule has 0 heterocycles. The molecular weight excluding hydrogens is 1530 g/mol. The maximum atomic E-state index is 14.8. The van der Waals surface area contributed by atoms with E-state index in [0.717, 1.165) is 11.1 Å². The van der Waals surface area contributed by atoms with Crippen LogP contribution >= 0.6 is 0 Å². The van der Waals surface area contributed by atoms with E-state index in [4.69, 9.17) is 57.3 Å². The second-order valence-corrected chi connectivity index (χ2v) is 31.4. The molecule has 32 N–H and O–H groups in total. The number of nitrogens with two attached hydrogens (primary N) is 10. The summed E-state index contributed by atoms with van der Waals surface area (Å²) in [4.78, 5) is 198. The second kappa shape index (κ2) is 56.6. The van der Waals surface area contributed by atoms with Gasteiger partial charge < -0.3 is 121 Å². The minimum atomic E-state index is -1.43. The highest BCUT2D eigenvalue weighted by atomic mass is 16.2. The third kappa shape index (κ3) is 41.0. The summed E-state index contributed by atoms with van der Waals surface area (Å²) in [5, 5.41) is 33.0. The van der Waals surface area contributed by atoms with E-state index in [0.29, 0.717) is 44.9 Å². The number of primary amides is 1. The van der Waals surface area contributed by atoms with Crippen molar-refractivity contribution < 1.29 is 62.3 Å². The van der Waals surface area contributed by atoms with Crippen LogP contribution in [-0.4, -0.2) is 206 Å². The Kier molecular flexibility index (Phi) is 49.6. The summed E-state index contributed by atoms with van der Waals surface area (Å²) in [5.41, 5.74) is 59.1. The molecule has 0 radical (unpaired) electrons. The number of nitrogens with one attached hydrogen (secondary N) is 12. The van der Waals surface area contributed by atoms with Crippen molar-refractivity contribution in [3.63, 3.8) is 0 Å². The molecule has 2 rings (SSSR count). The fourth-order valence-corrected chi connectivity index (χ4v) is 12.7. The number of hydrogen-bond acceptors (Lipinski definition) is 19. The van der Waals surface area contributed by atoms with Crippen LogP contribution in [0.2, 0.25) is 0 Å². The Morgan fingerprint density at radius 1 is 0.311 bits per heavy atom. The van der Waals surface area contributed by atoms with E-state index >= 15 is 0 Å². The molecule has 0 aliphatic heterocycles. The lowest BCUT2D eigenvalue weighted by Gasteiger charge is -2.30. The predicted molar refractivity (Wildman–Crippen MR) is 459 cm³/mol. The van der Waals surface area contributed by atoms with E-state index in [2.05, 4.69) is 78.8 Å². The normalized spacial score (nSPS) is 15.2. The Morgan fingerprint density at radius 3 is 0.891 bits per heavy atom. The maximum absolute atomic E-state index is 14.8. The van der Waals surface area contributed by atoms with Gasteiger partial charge in [0.2, 0.25) is 76.8 Å². The fourth-order valence-electron chi connectivity index (χ4n) is 12.7. The topological polar surface area (TPSA) is 664 Å². The number of hydrogen-bond donors (Lipinski definition) is 22. The van der Waals surface area contributed by atoms with Gasteiger partial charge in [-0.15, -0.1) is 0 Å². The summed E-state index contributed by atoms with van der Waals surface area (Å²) in [6.07, 6.45) is 3.31. The van der Waals surface area contributed by atoms with Crippen LogP contribution in [0.25, 0.3) is 0 Å². The maximum Gasteiger partial charge on any atom is 0.243 e. The quantitative estimate of drug-likeness (QED) is 0.0189. The summed E-state index contributed by atoms with van der Waals surface area (Å²) in [6, 6.07) is 1.34. The van der Waals surface area contributed by atoms with Gasteiger partial charge in [-0.2, -0.15) is 0 Å². The summed E-state index contributed by atoms with van der Waals surface area (Å²) < 4.78 is 0. The van der Waals surface area contributed by atoms with Crippen molar-refractivity contribution in [1.82, 2.24) is 63.8 Å². The molecule has 2 aromatic rings. The molecule has 2 aromatic carbocycles. The first-order valence-electron chi connectivity index (χ1n) is 41.6. The highest BCUT2D eigenvalue weighted by Crippen LogP contribution is 2.18. The molecule has 13 amide bonds. The number of carbonyl (C=O) groups excluding carboxylic acids is 13. The van der Waals surface area contributed by atoms with Crippen LogP contribution in [-0.2, 0) is 75.2 Å². The zero-order valence-corrected chi connectivity index (χ0v) is 71.6. The van der Waals surface area contributed by atoms with Gasteiger partial charge in [0.05, 0.1) is 6.04 Å². The molecule has 0 aliphatic carbocycles. The largest absolute Gasteiger partial charge is 0.370 e. The Labute approximate surface area is 700 Å². The SMILES string of the molecule is CC[C@H](C)[C@H](NC(=O)[C@H](CCCN=C(N)N)NC(=O)[C@H](CCCCN)NC(=O)[C@@H](NC(=O)[C@@H](N)Cc1ccccc1)[C@@H](C)CC)C(=O)N[C@@H](C)C(=O)N[C@@H](CCCN=C(N)N)C(=O)N[C@@H](CC(C)C)C(=O)N[C@@H](CC(C)C)C(=O)N[C@@H](CCCN=C(N)N)C(=O)N[C@@H](CCCCN)C(=O)N[C@H](C(=O)N[C@@H](Cc1ccccc1)C(N)=O)[C@@H](C)CC. The van der Waals surface area contributed by atoms with Crippen molar-refractivity contribution in [2.24, 2.45) is 102 Å². The van der Waals surface area contributed by atoms with Crippen molar-refractivity contribution in [3.8, 4) is 0 Å². The first kappa shape index (κ1) is 104. The standard InChI is InChI=1S/C81H141N25O13/c1-12-48(8)63(105-73(114)59(36-27-41-94-81(90)91)98-69(110)55(32-21-23-37-82)100-77(118)64(49(9)13-2)104-68(109)54(84)44-52-28-17-15-18-29-52)76(117)95-51(11)67(108)96-57(34-25-39-92-79(86)87)71(112)102-62(43-47(6)7)75(116)103-61(42-46(4)5)74(115)99-58(35-26-40-93-80(88)89)70(111)97-56(33-22-24-38-83)72(113)106-65(50(10)14-3)78(119)101-60(66(85)107)45-53-30-19-16-20-31-53/h15-20,28-31,46-51,54-65H,12-14,21-27,32-45,82-84H2,1-11H3,(H2,85,107)(H,95,117)(H,96,108)(H,97,111)(H,98,110)(H,99,115)(H,100,118)(H,101,119)(H,102,112)(H,103,116)(H,104,109)(H,105,114)(H,106,113)(H4,86,87,92)(H4,88,89,93)(H4,90,91,94)/t48-,49-,50-,51-,54-,55-,56-,57-,58-,59-,60-,61-,62-,63-,64-,65-/m0/s1. The fraction of sp³-hybridized carbons (Fsp3) is 0.654. The monoisotopic (exact) mass is 1670 g/mol. The lowest BCUT2D eigenvalue weighted by Crippen LogP contribution is -2.61. The molecule has 0 saturated heterocycles. The highest BCUT2D eigenvalue weighted by molar-refractivity contribution is 6.00. The van der Waals surface area contributed by atoms with E-state index < -0.39 is 173 Å². The average molecular weight is 1670 g/mol. The second-order valence-electron chi connectivity index (χ2n) is 31.4. The van der Waals surface area contributed by atoms with Crippen molar-refractivity contribution in [2.75, 3.05) is 32.7 Å². The molecule has 0 bridgehead atoms. The third-order valence-electron chi connectivity index (χ3n) is 20.3. The molecule has 0 fully saturated rings. The zero-order valence-electron chi connectivity index (χ0n) is 71.6. The highest BCUT2D eigenvalue weighted by Gasteiger charge is 2.39. The Balaban J connectivity index is 2.56. The summed E-state index contributed by atoms with van der Waals surface area (Å²) in [6.45, 7) is 19.7. The van der Waals surface area contributed by atoms with Gasteiger partial charge in [0, 0.05) is 26.1 Å². The first-order chi connectivity index (χ1) is 56.3. The number of aliphatic imine (C=N–C) groups is 3. The number of amides is 13. The Hall–Kier alpha value is -10.8. The van der Waals surface area contributed by atoms with Crippen molar-refractivity contribution >= 4 is 94.7 Å². The molecular formula is C81H141N25O13. The molecule has 0 spiro atoms. The summed E-state index contributed by atoms with van der Waals surface area (Å²) >= 11 is 0. The van der Waals surface area contributed by atoms with E-state index in [1.54, 1.807) is 85.7 Å². The van der Waals surface area contributed by atoms with Crippen molar-refractivity contribution in [3.05, 3.63) is 71.8 Å². The molecule has 38 nitrogen and oxygen atoms in total. The Bertz CT molecular complexity index is 3600. The van der Waals surface area contributed by atoms with E-state index in [-0.39, 0.29) is 139 Å². The van der Waals surface area contributed by atoms with Gasteiger partial charge >= 0.3 is 0 Å². The van der Waals surface area contributed by atoms with Crippen LogP contribution in [0, 0.1) is 29.6 Å². The van der Waals surface area contributed by atoms with Crippen molar-refractivity contribution in [2.45, 2.75) is 277 Å². The van der Waals surface area contributed by atoms with E-state index in [1.165, 1.54) is 6.92 Å². The summed E-state index contributed by atoms with van der Waals surface area (Å²) in [7, 11) is 0. The minimum absolute atomic E-state index is 0.00156. The smallest absolute Gasteiger partial charge is 0.243 e. The minimum Gasteiger partial charge on any atom is -0.370 e. The van der Waals surface area contributed by atoms with Crippen LogP contribution in [0.5, 0.6) is 0 Å². The van der Waals surface area contributed by atoms with Crippen molar-refractivity contribution in [1.29, 1.82) is 0 Å². The number of benzene rings is 2. The molecule has 0 aliphatic rings. The summed E-state index contributed by atoms with van der Waals surface area (Å²) in [5.74, 6) is -12.9. The predicted octanol–water partition coefficient (Wildman–Crippen LogP) is -2.23. The van der Waals surface area contributed by atoms with Gasteiger partial charge in [0.1, 0.15) is 72.5 Å². The van der Waals surface area contributed by atoms with Crippen LogP contribution in [0.1, 0.15) is 196 Å². The molecule has 668 valence electrons. The third-order valence-corrected chi connectivity index (χ3v) is 20.3. The number of guanidine groups is 3. The van der Waals surface area contributed by atoms with Gasteiger partial charge in [0.15, 0.2) is 17.9 Å². The number of unbranched alkanes of at least 4 members (excludes halogenated alkanes) is 2. The van der Waals surface area contributed by atoms with Crippen LogP contribution in [0.15, 0.2) is 75.6 Å². The van der Waals surface area contributed by atoms with Gasteiger partial charge in [-0.25, -0.2) is 0 Å². The zero-order chi connectivity index (χ0) is 89.4. The number of rotatable bonds is 59. The Morgan fingerprint density at radius 2 is 0.580 bits per heavy atom. The average Bonchev–Trinajstić information content (AvgIpc) is 0.855. The van der Waals surface area contributed by atoms with Crippen LogP contribution in [0.4, 0.5) is 0 Å². The van der Waals surface area contributed by atoms with Crippen LogP contribution in [0.3, 0.4) is 0 Å². The first-order valence-corrected chi connectivity index (χ1v) is 41.6. The molecule has 38 heteroatoms. The van der Waals surface area contributed by atoms with E-state index in [1.807, 2.05) is 44.2 Å². The number of carbonyl (C=O) groups is 13. The van der Waals surface area contributed by atoms with E-state index in [9.17, 15) is 62.3 Å². The van der Waals surface area contributed by atoms with Gasteiger partial charge in [-0.3, -0.25) is 77.3 Å². The van der Waals surface area contributed by atoms with Gasteiger partial charge in [-0.1, -0.05) is 149 Å². The lowest BCUT2D eigenvalue weighted by molar-refractivity contribution is -0.137. The van der Waals surface area contributed by atoms with Gasteiger partial charge in [0.25, 0.3) is 0 Å². The lowest BCUT2D eigenvalue weighted by atomic mass is 9.96. The molecule has 119 heavy (non-hydrogen) atoms. The van der Waals surface area contributed by atoms with Crippen LogP contribution < -0.4 is 121 Å². The molecule has 0 saturated carbocycles. The number of nitrogens with zero attached hydrogens (tertiary/aromatic N) is 3.